The van der Waals surface area contributed by atoms with Crippen LogP contribution < -0.4 is 5.73 Å². The Balaban J connectivity index is 1.99. The largest absolute Gasteiger partial charge is 0.393 e. The van der Waals surface area contributed by atoms with Gasteiger partial charge in [0.1, 0.15) is 0 Å². The average molecular weight is 155 g/mol. The summed E-state index contributed by atoms with van der Waals surface area (Å²) in [6, 6.07) is 0. The third kappa shape index (κ3) is 1.30. The molecule has 2 rings (SSSR count). The van der Waals surface area contributed by atoms with E-state index in [1.165, 1.54) is 12.8 Å². The van der Waals surface area contributed by atoms with E-state index in [0.717, 1.165) is 25.7 Å². The van der Waals surface area contributed by atoms with Crippen LogP contribution in [0.3, 0.4) is 0 Å². The lowest BCUT2D eigenvalue weighted by atomic mass is 9.80. The van der Waals surface area contributed by atoms with Crippen molar-refractivity contribution >= 4 is 0 Å². The molecule has 0 aromatic rings. The predicted octanol–water partition coefficient (Wildman–Crippen LogP) is 1.03. The number of hydrogen-bond donors (Lipinski definition) is 2. The predicted molar refractivity (Wildman–Crippen MR) is 44.1 cm³/mol. The van der Waals surface area contributed by atoms with E-state index in [1.54, 1.807) is 0 Å². The van der Waals surface area contributed by atoms with E-state index in [9.17, 15) is 5.11 Å². The highest BCUT2D eigenvalue weighted by atomic mass is 16.3. The standard InChI is InChI=1S/C9H17NO/c10-9(5-6-9)7-3-1-2-4-8(7)11/h7-8,11H,1-6,10H2. The van der Waals surface area contributed by atoms with Crippen molar-refractivity contribution in [1.29, 1.82) is 0 Å². The third-order valence-corrected chi connectivity index (χ3v) is 3.30. The van der Waals surface area contributed by atoms with Crippen molar-refractivity contribution in [3.8, 4) is 0 Å². The van der Waals surface area contributed by atoms with Crippen LogP contribution in [0.15, 0.2) is 0 Å². The van der Waals surface area contributed by atoms with Crippen LogP contribution in [-0.4, -0.2) is 16.7 Å². The van der Waals surface area contributed by atoms with Crippen LogP contribution in [0.2, 0.25) is 0 Å². The van der Waals surface area contributed by atoms with E-state index in [2.05, 4.69) is 0 Å². The van der Waals surface area contributed by atoms with Gasteiger partial charge in [-0.25, -0.2) is 0 Å². The van der Waals surface area contributed by atoms with Gasteiger partial charge in [0, 0.05) is 11.5 Å². The maximum atomic E-state index is 9.66. The molecule has 64 valence electrons. The Labute approximate surface area is 67.8 Å². The Kier molecular flexibility index (Phi) is 1.69. The lowest BCUT2D eigenvalue weighted by Crippen LogP contribution is -2.41. The molecular formula is C9H17NO. The zero-order valence-electron chi connectivity index (χ0n) is 6.92. The van der Waals surface area contributed by atoms with Crippen LogP contribution in [0.4, 0.5) is 0 Å². The van der Waals surface area contributed by atoms with Crippen molar-refractivity contribution in [2.24, 2.45) is 11.7 Å². The first-order chi connectivity index (χ1) is 5.22. The molecule has 0 saturated heterocycles. The van der Waals surface area contributed by atoms with E-state index in [4.69, 9.17) is 5.73 Å². The summed E-state index contributed by atoms with van der Waals surface area (Å²) in [4.78, 5) is 0. The second-order valence-electron chi connectivity index (χ2n) is 4.19. The molecule has 2 nitrogen and oxygen atoms in total. The van der Waals surface area contributed by atoms with Gasteiger partial charge in [-0.05, 0) is 25.7 Å². The molecule has 0 aliphatic heterocycles. The third-order valence-electron chi connectivity index (χ3n) is 3.30. The monoisotopic (exact) mass is 155 g/mol. The average Bonchev–Trinajstić information content (AvgIpc) is 2.70. The Morgan fingerprint density at radius 1 is 1.18 bits per heavy atom. The highest BCUT2D eigenvalue weighted by Gasteiger charge is 2.48. The number of nitrogens with two attached hydrogens (primary N) is 1. The Morgan fingerprint density at radius 3 is 2.36 bits per heavy atom. The van der Waals surface area contributed by atoms with E-state index in [-0.39, 0.29) is 11.6 Å². The molecule has 3 N–H and O–H groups in total. The molecule has 0 bridgehead atoms. The quantitative estimate of drug-likeness (QED) is 0.594. The fraction of sp³-hybridized carbons (Fsp3) is 1.00. The fourth-order valence-electron chi connectivity index (χ4n) is 2.30. The number of aliphatic hydroxyl groups excluding tert-OH is 1. The molecule has 0 aromatic heterocycles. The molecule has 0 aromatic carbocycles. The van der Waals surface area contributed by atoms with Gasteiger partial charge in [-0.1, -0.05) is 12.8 Å². The zero-order chi connectivity index (χ0) is 7.90. The first kappa shape index (κ1) is 7.56. The van der Waals surface area contributed by atoms with Crippen LogP contribution in [0.1, 0.15) is 38.5 Å². The normalized spacial score (nSPS) is 42.0. The molecule has 2 heteroatoms. The summed E-state index contributed by atoms with van der Waals surface area (Å²) in [5, 5.41) is 9.66. The SMILES string of the molecule is NC1(C2CCCCC2O)CC1. The molecule has 2 saturated carbocycles. The maximum absolute atomic E-state index is 9.66. The lowest BCUT2D eigenvalue weighted by molar-refractivity contribution is 0.0506. The first-order valence-corrected chi connectivity index (χ1v) is 4.69. The van der Waals surface area contributed by atoms with Crippen molar-refractivity contribution < 1.29 is 5.11 Å². The van der Waals surface area contributed by atoms with Crippen molar-refractivity contribution in [1.82, 2.24) is 0 Å². The highest BCUT2D eigenvalue weighted by molar-refractivity contribution is 5.06. The molecule has 11 heavy (non-hydrogen) atoms. The fourth-order valence-corrected chi connectivity index (χ4v) is 2.30. The van der Waals surface area contributed by atoms with E-state index in [1.807, 2.05) is 0 Å². The molecule has 2 atom stereocenters. The first-order valence-electron chi connectivity index (χ1n) is 4.69. The van der Waals surface area contributed by atoms with Crippen molar-refractivity contribution in [3.05, 3.63) is 0 Å². The van der Waals surface area contributed by atoms with Crippen molar-refractivity contribution in [2.75, 3.05) is 0 Å². The van der Waals surface area contributed by atoms with Gasteiger partial charge in [0.05, 0.1) is 6.10 Å². The summed E-state index contributed by atoms with van der Waals surface area (Å²) in [6.07, 6.45) is 6.75. The summed E-state index contributed by atoms with van der Waals surface area (Å²) < 4.78 is 0. The topological polar surface area (TPSA) is 46.2 Å². The van der Waals surface area contributed by atoms with Crippen molar-refractivity contribution in [2.45, 2.75) is 50.2 Å². The van der Waals surface area contributed by atoms with E-state index >= 15 is 0 Å². The molecule has 0 radical (unpaired) electrons. The number of rotatable bonds is 1. The molecule has 2 aliphatic rings. The maximum Gasteiger partial charge on any atom is 0.0585 e. The van der Waals surface area contributed by atoms with Gasteiger partial charge in [0.2, 0.25) is 0 Å². The summed E-state index contributed by atoms with van der Waals surface area (Å²) in [5.41, 5.74) is 6.09. The molecular weight excluding hydrogens is 138 g/mol. The minimum absolute atomic E-state index is 0.0415. The van der Waals surface area contributed by atoms with E-state index < -0.39 is 0 Å². The number of aliphatic hydroxyl groups is 1. The molecule has 2 fully saturated rings. The smallest absolute Gasteiger partial charge is 0.0585 e. The van der Waals surface area contributed by atoms with Gasteiger partial charge in [-0.3, -0.25) is 0 Å². The van der Waals surface area contributed by atoms with Gasteiger partial charge in [0.15, 0.2) is 0 Å². The second-order valence-corrected chi connectivity index (χ2v) is 4.19. The van der Waals surface area contributed by atoms with Crippen molar-refractivity contribution in [3.63, 3.8) is 0 Å². The molecule has 2 aliphatic carbocycles. The zero-order valence-corrected chi connectivity index (χ0v) is 6.92. The lowest BCUT2D eigenvalue weighted by Gasteiger charge is -2.32. The number of hydrogen-bond acceptors (Lipinski definition) is 2. The Morgan fingerprint density at radius 2 is 1.82 bits per heavy atom. The summed E-state index contributed by atoms with van der Waals surface area (Å²) >= 11 is 0. The summed E-state index contributed by atoms with van der Waals surface area (Å²) in [7, 11) is 0. The van der Waals surface area contributed by atoms with Gasteiger partial charge in [-0.2, -0.15) is 0 Å². The van der Waals surface area contributed by atoms with Crippen LogP contribution in [0.25, 0.3) is 0 Å². The molecule has 0 heterocycles. The van der Waals surface area contributed by atoms with Gasteiger partial charge in [-0.15, -0.1) is 0 Å². The van der Waals surface area contributed by atoms with Gasteiger partial charge >= 0.3 is 0 Å². The van der Waals surface area contributed by atoms with E-state index in [0.29, 0.717) is 5.92 Å². The molecule has 2 unspecified atom stereocenters. The van der Waals surface area contributed by atoms with Crippen LogP contribution in [0.5, 0.6) is 0 Å². The minimum Gasteiger partial charge on any atom is -0.393 e. The summed E-state index contributed by atoms with van der Waals surface area (Å²) in [6.45, 7) is 0. The minimum atomic E-state index is -0.101. The van der Waals surface area contributed by atoms with Crippen LogP contribution in [-0.2, 0) is 0 Å². The molecule has 0 amide bonds. The van der Waals surface area contributed by atoms with Gasteiger partial charge < -0.3 is 10.8 Å². The highest BCUT2D eigenvalue weighted by Crippen LogP contribution is 2.45. The Bertz CT molecular complexity index is 154. The summed E-state index contributed by atoms with van der Waals surface area (Å²) in [5.74, 6) is 0.413. The second kappa shape index (κ2) is 2.46. The Hall–Kier alpha value is -0.0800. The molecule has 0 spiro atoms. The van der Waals surface area contributed by atoms with Crippen LogP contribution in [0, 0.1) is 5.92 Å². The van der Waals surface area contributed by atoms with Gasteiger partial charge in [0.25, 0.3) is 0 Å². The van der Waals surface area contributed by atoms with Crippen LogP contribution >= 0.6 is 0 Å².